The smallest absolute Gasteiger partial charge is 0.169 e. The van der Waals surface area contributed by atoms with E-state index in [2.05, 4.69) is 27.8 Å². The molecule has 0 aliphatic carbocycles. The van der Waals surface area contributed by atoms with Crippen molar-refractivity contribution in [2.24, 2.45) is 0 Å². The van der Waals surface area contributed by atoms with Gasteiger partial charge in [-0.05, 0) is 42.7 Å². The third-order valence-corrected chi connectivity index (χ3v) is 3.63. The normalized spacial score (nSPS) is 10.5. The summed E-state index contributed by atoms with van der Waals surface area (Å²) in [6.45, 7) is 4.04. The second-order valence-corrected chi connectivity index (χ2v) is 5.49. The molecule has 98 valence electrons. The number of nitrogens with zero attached hydrogens (tertiary/aromatic N) is 1. The van der Waals surface area contributed by atoms with Crippen molar-refractivity contribution in [2.75, 3.05) is 0 Å². The van der Waals surface area contributed by atoms with Gasteiger partial charge >= 0.3 is 0 Å². The third kappa shape index (κ3) is 3.51. The van der Waals surface area contributed by atoms with Gasteiger partial charge in [-0.15, -0.1) is 0 Å². The van der Waals surface area contributed by atoms with Gasteiger partial charge in [-0.25, -0.2) is 0 Å². The maximum absolute atomic E-state index is 12.3. The molecule has 0 aliphatic rings. The van der Waals surface area contributed by atoms with Gasteiger partial charge in [-0.1, -0.05) is 35.0 Å². The molecule has 0 N–H and O–H groups in total. The summed E-state index contributed by atoms with van der Waals surface area (Å²) in [7, 11) is 0. The minimum absolute atomic E-state index is 0.107. The van der Waals surface area contributed by atoms with E-state index in [4.69, 9.17) is 0 Å². The molecule has 0 aliphatic heterocycles. The molecule has 0 radical (unpaired) electrons. The lowest BCUT2D eigenvalue weighted by Crippen LogP contribution is -2.07. The molecular weight excluding hydrogens is 302 g/mol. The van der Waals surface area contributed by atoms with Gasteiger partial charge < -0.3 is 0 Å². The average molecular weight is 318 g/mol. The Morgan fingerprint density at radius 1 is 1.26 bits per heavy atom. The largest absolute Gasteiger partial charge is 0.294 e. The van der Waals surface area contributed by atoms with Crippen LogP contribution in [-0.2, 0) is 12.8 Å². The van der Waals surface area contributed by atoms with Crippen LogP contribution in [0.5, 0.6) is 0 Å². The number of aryl methyl sites for hydroxylation is 2. The summed E-state index contributed by atoms with van der Waals surface area (Å²) >= 11 is 3.40. The zero-order chi connectivity index (χ0) is 13.8. The van der Waals surface area contributed by atoms with E-state index in [0.29, 0.717) is 6.42 Å². The van der Waals surface area contributed by atoms with E-state index in [9.17, 15) is 4.79 Å². The topological polar surface area (TPSA) is 30.0 Å². The molecule has 2 nitrogen and oxygen atoms in total. The number of carbonyl (C=O) groups is 1. The van der Waals surface area contributed by atoms with Crippen molar-refractivity contribution >= 4 is 21.7 Å². The van der Waals surface area contributed by atoms with Crippen molar-refractivity contribution in [1.82, 2.24) is 4.98 Å². The third-order valence-electron chi connectivity index (χ3n) is 3.14. The van der Waals surface area contributed by atoms with Crippen LogP contribution in [0.2, 0.25) is 0 Å². The first-order valence-corrected chi connectivity index (χ1v) is 7.12. The van der Waals surface area contributed by atoms with E-state index in [-0.39, 0.29) is 5.78 Å². The number of hydrogen-bond acceptors (Lipinski definition) is 2. The van der Waals surface area contributed by atoms with Gasteiger partial charge in [0.15, 0.2) is 5.78 Å². The van der Waals surface area contributed by atoms with Crippen molar-refractivity contribution in [3.05, 3.63) is 63.4 Å². The predicted molar refractivity (Wildman–Crippen MR) is 80.5 cm³/mol. The summed E-state index contributed by atoms with van der Waals surface area (Å²) in [5.74, 6) is 0.107. The molecule has 0 spiro atoms. The highest BCUT2D eigenvalue weighted by atomic mass is 79.9. The first-order valence-electron chi connectivity index (χ1n) is 6.33. The minimum atomic E-state index is 0.107. The number of Topliss-reactive ketones (excluding diaryl/α,β-unsaturated/α-hetero) is 1. The Kier molecular flexibility index (Phi) is 4.48. The molecule has 19 heavy (non-hydrogen) atoms. The lowest BCUT2D eigenvalue weighted by atomic mass is 10.0. The predicted octanol–water partition coefficient (Wildman–Crippen LogP) is 4.14. The summed E-state index contributed by atoms with van der Waals surface area (Å²) < 4.78 is 0.927. The molecule has 2 rings (SSSR count). The maximum Gasteiger partial charge on any atom is 0.169 e. The molecule has 0 atom stereocenters. The zero-order valence-corrected chi connectivity index (χ0v) is 12.7. The molecule has 3 heteroatoms. The number of rotatable bonds is 4. The molecular formula is C16H16BrNO. The van der Waals surface area contributed by atoms with Crippen molar-refractivity contribution in [2.45, 2.75) is 26.7 Å². The Balaban J connectivity index is 2.18. The average Bonchev–Trinajstić information content (AvgIpc) is 2.42. The van der Waals surface area contributed by atoms with E-state index in [1.807, 2.05) is 43.5 Å². The SMILES string of the molecule is CCc1ccc(CC(=O)c2cc(Br)ccc2C)nc1. The second kappa shape index (κ2) is 6.11. The summed E-state index contributed by atoms with van der Waals surface area (Å²) in [5.41, 5.74) is 3.77. The second-order valence-electron chi connectivity index (χ2n) is 4.57. The number of carbonyl (C=O) groups excluding carboxylic acids is 1. The van der Waals surface area contributed by atoms with Crippen LogP contribution in [-0.4, -0.2) is 10.8 Å². The van der Waals surface area contributed by atoms with E-state index in [1.165, 1.54) is 5.56 Å². The maximum atomic E-state index is 12.3. The van der Waals surface area contributed by atoms with Gasteiger partial charge in [0.1, 0.15) is 0 Å². The quantitative estimate of drug-likeness (QED) is 0.793. The van der Waals surface area contributed by atoms with Crippen LogP contribution in [0.3, 0.4) is 0 Å². The van der Waals surface area contributed by atoms with Crippen LogP contribution in [0.15, 0.2) is 41.0 Å². The van der Waals surface area contributed by atoms with Gasteiger partial charge in [-0.2, -0.15) is 0 Å². The zero-order valence-electron chi connectivity index (χ0n) is 11.1. The Morgan fingerprint density at radius 2 is 2.05 bits per heavy atom. The van der Waals surface area contributed by atoms with Crippen LogP contribution in [0.1, 0.15) is 34.1 Å². The molecule has 0 saturated carbocycles. The molecule has 0 amide bonds. The molecule has 0 unspecified atom stereocenters. The van der Waals surface area contributed by atoms with Gasteiger partial charge in [-0.3, -0.25) is 9.78 Å². The fraction of sp³-hybridized carbons (Fsp3) is 0.250. The van der Waals surface area contributed by atoms with Gasteiger partial charge in [0.25, 0.3) is 0 Å². The Morgan fingerprint density at radius 3 is 2.68 bits per heavy atom. The number of aromatic nitrogens is 1. The fourth-order valence-electron chi connectivity index (χ4n) is 1.92. The highest BCUT2D eigenvalue weighted by Crippen LogP contribution is 2.18. The summed E-state index contributed by atoms with van der Waals surface area (Å²) in [6.07, 6.45) is 3.16. The van der Waals surface area contributed by atoms with Gasteiger partial charge in [0, 0.05) is 21.9 Å². The number of ketones is 1. The highest BCUT2D eigenvalue weighted by Gasteiger charge is 2.11. The van der Waals surface area contributed by atoms with Crippen LogP contribution in [0.4, 0.5) is 0 Å². The van der Waals surface area contributed by atoms with Crippen LogP contribution >= 0.6 is 15.9 Å². The lowest BCUT2D eigenvalue weighted by molar-refractivity contribution is 0.0991. The summed E-state index contributed by atoms with van der Waals surface area (Å²) in [4.78, 5) is 16.6. The highest BCUT2D eigenvalue weighted by molar-refractivity contribution is 9.10. The monoisotopic (exact) mass is 317 g/mol. The van der Waals surface area contributed by atoms with E-state index in [1.54, 1.807) is 0 Å². The summed E-state index contributed by atoms with van der Waals surface area (Å²) in [6, 6.07) is 9.73. The van der Waals surface area contributed by atoms with Crippen molar-refractivity contribution < 1.29 is 4.79 Å². The standard InChI is InChI=1S/C16H16BrNO/c1-3-12-5-7-14(18-10-12)9-16(19)15-8-13(17)6-4-11(15)2/h4-8,10H,3,9H2,1-2H3. The van der Waals surface area contributed by atoms with Gasteiger partial charge in [0.2, 0.25) is 0 Å². The molecule has 1 aromatic carbocycles. The molecule has 2 aromatic rings. The van der Waals surface area contributed by atoms with Crippen LogP contribution < -0.4 is 0 Å². The van der Waals surface area contributed by atoms with Crippen LogP contribution in [0.25, 0.3) is 0 Å². The number of halogens is 1. The molecule has 0 saturated heterocycles. The first kappa shape index (κ1) is 13.9. The van der Waals surface area contributed by atoms with Crippen molar-refractivity contribution in [3.63, 3.8) is 0 Å². The summed E-state index contributed by atoms with van der Waals surface area (Å²) in [5, 5.41) is 0. The molecule has 1 heterocycles. The fourth-order valence-corrected chi connectivity index (χ4v) is 2.28. The minimum Gasteiger partial charge on any atom is -0.294 e. The number of pyridine rings is 1. The Labute approximate surface area is 122 Å². The Bertz CT molecular complexity index is 590. The Hall–Kier alpha value is -1.48. The molecule has 0 bridgehead atoms. The van der Waals surface area contributed by atoms with Gasteiger partial charge in [0.05, 0.1) is 6.42 Å². The van der Waals surface area contributed by atoms with E-state index < -0.39 is 0 Å². The molecule has 0 fully saturated rings. The van der Waals surface area contributed by atoms with E-state index >= 15 is 0 Å². The van der Waals surface area contributed by atoms with Crippen molar-refractivity contribution in [3.8, 4) is 0 Å². The number of benzene rings is 1. The first-order chi connectivity index (χ1) is 9.10. The van der Waals surface area contributed by atoms with Crippen LogP contribution in [0, 0.1) is 6.92 Å². The molecule has 1 aromatic heterocycles. The number of hydrogen-bond donors (Lipinski definition) is 0. The lowest BCUT2D eigenvalue weighted by Gasteiger charge is -2.06. The van der Waals surface area contributed by atoms with E-state index in [0.717, 1.165) is 27.7 Å². The van der Waals surface area contributed by atoms with Crippen molar-refractivity contribution in [1.29, 1.82) is 0 Å².